The zero-order chi connectivity index (χ0) is 13.1. The van der Waals surface area contributed by atoms with Crippen LogP contribution in [0.4, 0.5) is 0 Å². The molecule has 0 saturated carbocycles. The van der Waals surface area contributed by atoms with Crippen LogP contribution in [0.5, 0.6) is 0 Å². The highest BCUT2D eigenvalue weighted by atomic mass is 16.5. The summed E-state index contributed by atoms with van der Waals surface area (Å²) in [4.78, 5) is 22.4. The fourth-order valence-electron chi connectivity index (χ4n) is 1.17. The van der Waals surface area contributed by atoms with Gasteiger partial charge in [0, 0.05) is 11.1 Å². The number of carbonyl (C=O) groups is 2. The van der Waals surface area contributed by atoms with E-state index in [1.54, 1.807) is 19.9 Å². The summed E-state index contributed by atoms with van der Waals surface area (Å²) >= 11 is 0. The van der Waals surface area contributed by atoms with E-state index in [1.807, 2.05) is 0 Å². The van der Waals surface area contributed by atoms with Gasteiger partial charge in [-0.1, -0.05) is 18.2 Å². The fraction of sp³-hybridized carbons (Fsp3) is 0.333. The van der Waals surface area contributed by atoms with Crippen molar-refractivity contribution in [2.45, 2.75) is 19.4 Å². The molecule has 0 saturated heterocycles. The van der Waals surface area contributed by atoms with Crippen LogP contribution in [0.1, 0.15) is 34.6 Å². The van der Waals surface area contributed by atoms with Crippen LogP contribution in [0.25, 0.3) is 0 Å². The van der Waals surface area contributed by atoms with Gasteiger partial charge < -0.3 is 20.4 Å². The van der Waals surface area contributed by atoms with Crippen molar-refractivity contribution in [1.82, 2.24) is 0 Å². The number of hydrogen-bond donors (Lipinski definition) is 1. The quantitative estimate of drug-likeness (QED) is 0.739. The Morgan fingerprint density at radius 3 is 2.29 bits per heavy atom. The van der Waals surface area contributed by atoms with Gasteiger partial charge in [0.2, 0.25) is 0 Å². The van der Waals surface area contributed by atoms with Crippen LogP contribution in [0.15, 0.2) is 24.3 Å². The first kappa shape index (κ1) is 13.2. The number of hydrogen-bond acceptors (Lipinski definition) is 5. The lowest BCUT2D eigenvalue weighted by molar-refractivity contribution is -0.255. The van der Waals surface area contributed by atoms with Gasteiger partial charge in [-0.2, -0.15) is 0 Å². The van der Waals surface area contributed by atoms with Gasteiger partial charge in [0.15, 0.2) is 0 Å². The normalized spacial score (nSPS) is 11.0. The molecule has 0 spiro atoms. The monoisotopic (exact) mass is 236 g/mol. The third kappa shape index (κ3) is 3.88. The molecule has 0 aromatic heterocycles. The third-order valence-electron chi connectivity index (χ3n) is 1.94. The Hall–Kier alpha value is -1.88. The van der Waals surface area contributed by atoms with Crippen molar-refractivity contribution in [3.05, 3.63) is 35.4 Å². The van der Waals surface area contributed by atoms with Crippen LogP contribution in [0, 0.1) is 0 Å². The van der Waals surface area contributed by atoms with E-state index in [2.05, 4.69) is 0 Å². The largest absolute Gasteiger partial charge is 0.545 e. The standard InChI is InChI=1S/C12H15NO4/c1-12(2,13)7-17-11(16)9-6-4-3-5-8(9)10(14)15/h3-6H,7,13H2,1-2H3,(H,14,15)/p-1. The molecule has 5 nitrogen and oxygen atoms in total. The minimum absolute atomic E-state index is 0.00716. The van der Waals surface area contributed by atoms with Crippen LogP contribution in [-0.2, 0) is 4.74 Å². The van der Waals surface area contributed by atoms with E-state index < -0.39 is 17.5 Å². The lowest BCUT2D eigenvalue weighted by Crippen LogP contribution is -2.38. The maximum absolute atomic E-state index is 11.6. The third-order valence-corrected chi connectivity index (χ3v) is 1.94. The first-order valence-corrected chi connectivity index (χ1v) is 5.07. The summed E-state index contributed by atoms with van der Waals surface area (Å²) in [6, 6.07) is 5.72. The number of aromatic carboxylic acids is 1. The topological polar surface area (TPSA) is 92.5 Å². The highest BCUT2D eigenvalue weighted by Crippen LogP contribution is 2.10. The summed E-state index contributed by atoms with van der Waals surface area (Å²) < 4.78 is 4.93. The number of esters is 1. The maximum atomic E-state index is 11.6. The molecule has 5 heteroatoms. The lowest BCUT2D eigenvalue weighted by Gasteiger charge is -2.18. The average Bonchev–Trinajstić information content (AvgIpc) is 2.25. The first-order chi connectivity index (χ1) is 7.81. The van der Waals surface area contributed by atoms with E-state index in [0.717, 1.165) is 0 Å². The lowest BCUT2D eigenvalue weighted by atomic mass is 10.1. The van der Waals surface area contributed by atoms with Crippen molar-refractivity contribution in [2.75, 3.05) is 6.61 Å². The number of carbonyl (C=O) groups excluding carboxylic acids is 2. The molecule has 92 valence electrons. The zero-order valence-electron chi connectivity index (χ0n) is 9.73. The van der Waals surface area contributed by atoms with Gasteiger partial charge >= 0.3 is 5.97 Å². The molecule has 0 fully saturated rings. The second kappa shape index (κ2) is 4.97. The van der Waals surface area contributed by atoms with Crippen molar-refractivity contribution < 1.29 is 19.4 Å². The zero-order valence-corrected chi connectivity index (χ0v) is 9.73. The minimum atomic E-state index is -1.41. The molecule has 2 N–H and O–H groups in total. The van der Waals surface area contributed by atoms with E-state index in [1.165, 1.54) is 18.2 Å². The van der Waals surface area contributed by atoms with Gasteiger partial charge in [0.1, 0.15) is 6.61 Å². The molecule has 0 amide bonds. The second-order valence-electron chi connectivity index (χ2n) is 4.40. The predicted octanol–water partition coefficient (Wildman–Crippen LogP) is -0.0558. The van der Waals surface area contributed by atoms with Crippen LogP contribution < -0.4 is 10.8 Å². The van der Waals surface area contributed by atoms with Crippen molar-refractivity contribution in [3.8, 4) is 0 Å². The summed E-state index contributed by atoms with van der Waals surface area (Å²) in [7, 11) is 0. The van der Waals surface area contributed by atoms with Crippen molar-refractivity contribution >= 4 is 11.9 Å². The predicted molar refractivity (Wildman–Crippen MR) is 59.3 cm³/mol. The van der Waals surface area contributed by atoms with E-state index >= 15 is 0 Å². The molecule has 0 radical (unpaired) electrons. The molecule has 17 heavy (non-hydrogen) atoms. The Morgan fingerprint density at radius 1 is 1.29 bits per heavy atom. The molecule has 0 heterocycles. The summed E-state index contributed by atoms with van der Waals surface area (Å²) in [5, 5.41) is 10.8. The molecule has 1 rings (SSSR count). The molecule has 0 aliphatic heterocycles. The van der Waals surface area contributed by atoms with E-state index in [9.17, 15) is 14.7 Å². The molecule has 1 aromatic carbocycles. The van der Waals surface area contributed by atoms with Gasteiger partial charge in [0.25, 0.3) is 0 Å². The van der Waals surface area contributed by atoms with Crippen LogP contribution in [0.2, 0.25) is 0 Å². The van der Waals surface area contributed by atoms with Crippen LogP contribution >= 0.6 is 0 Å². The van der Waals surface area contributed by atoms with Crippen LogP contribution in [0.3, 0.4) is 0 Å². The molecule has 1 aromatic rings. The Labute approximate surface area is 99.2 Å². The molecule has 0 atom stereocenters. The summed E-state index contributed by atoms with van der Waals surface area (Å²) in [6.07, 6.45) is 0. The second-order valence-corrected chi connectivity index (χ2v) is 4.40. The van der Waals surface area contributed by atoms with Crippen molar-refractivity contribution in [1.29, 1.82) is 0 Å². The van der Waals surface area contributed by atoms with Gasteiger partial charge in [-0.05, 0) is 19.9 Å². The Kier molecular flexibility index (Phi) is 3.85. The molecule has 0 aliphatic carbocycles. The van der Waals surface area contributed by atoms with Crippen LogP contribution in [-0.4, -0.2) is 24.1 Å². The first-order valence-electron chi connectivity index (χ1n) is 5.07. The molecule has 0 aliphatic rings. The Balaban J connectivity index is 2.86. The van der Waals surface area contributed by atoms with Gasteiger partial charge in [0.05, 0.1) is 11.5 Å². The summed E-state index contributed by atoms with van der Waals surface area (Å²) in [5.41, 5.74) is 4.77. The number of rotatable bonds is 4. The smallest absolute Gasteiger partial charge is 0.338 e. The number of nitrogens with two attached hydrogens (primary N) is 1. The highest BCUT2D eigenvalue weighted by Gasteiger charge is 2.17. The van der Waals surface area contributed by atoms with Gasteiger partial charge in [-0.3, -0.25) is 0 Å². The summed E-state index contributed by atoms with van der Waals surface area (Å²) in [6.45, 7) is 3.41. The molecular formula is C12H14NO4-. The SMILES string of the molecule is CC(C)(N)COC(=O)c1ccccc1C(=O)[O-]. The number of benzene rings is 1. The Bertz CT molecular complexity index is 434. The van der Waals surface area contributed by atoms with Crippen molar-refractivity contribution in [2.24, 2.45) is 5.73 Å². The Morgan fingerprint density at radius 2 is 1.82 bits per heavy atom. The van der Waals surface area contributed by atoms with E-state index in [-0.39, 0.29) is 17.7 Å². The average molecular weight is 236 g/mol. The van der Waals surface area contributed by atoms with E-state index in [4.69, 9.17) is 10.5 Å². The van der Waals surface area contributed by atoms with Crippen molar-refractivity contribution in [3.63, 3.8) is 0 Å². The van der Waals surface area contributed by atoms with Gasteiger partial charge in [-0.15, -0.1) is 0 Å². The number of carboxylic acids is 1. The molecular weight excluding hydrogens is 222 g/mol. The van der Waals surface area contributed by atoms with Gasteiger partial charge in [-0.25, -0.2) is 4.79 Å². The summed E-state index contributed by atoms with van der Waals surface area (Å²) in [5.74, 6) is -2.13. The number of ether oxygens (including phenoxy) is 1. The molecule has 0 unspecified atom stereocenters. The number of carboxylic acid groups (broad SMARTS) is 1. The fourth-order valence-corrected chi connectivity index (χ4v) is 1.17. The van der Waals surface area contributed by atoms with E-state index in [0.29, 0.717) is 0 Å². The highest BCUT2D eigenvalue weighted by molar-refractivity contribution is 6.01. The maximum Gasteiger partial charge on any atom is 0.338 e. The molecule has 0 bridgehead atoms. The minimum Gasteiger partial charge on any atom is -0.545 e.